The van der Waals surface area contributed by atoms with Crippen LogP contribution in [0.2, 0.25) is 0 Å². The Morgan fingerprint density at radius 1 is 1.37 bits per heavy atom. The number of nitrogens with zero attached hydrogens (tertiary/aromatic N) is 3. The van der Waals surface area contributed by atoms with E-state index in [1.165, 1.54) is 0 Å². The average molecular weight is 282 g/mol. The lowest BCUT2D eigenvalue weighted by Crippen LogP contribution is -2.56. The van der Waals surface area contributed by atoms with Crippen molar-refractivity contribution in [1.82, 2.24) is 9.88 Å². The monoisotopic (exact) mass is 282 g/mol. The van der Waals surface area contributed by atoms with Gasteiger partial charge in [-0.2, -0.15) is 0 Å². The predicted octanol–water partition coefficient (Wildman–Crippen LogP) is 1.17. The number of hydrogen-bond donors (Lipinski definition) is 1. The van der Waals surface area contributed by atoms with Crippen LogP contribution in [0.25, 0.3) is 0 Å². The zero-order valence-electron chi connectivity index (χ0n) is 11.8. The van der Waals surface area contributed by atoms with E-state index in [1.54, 1.807) is 11.3 Å². The number of carbonyl (C=O) groups excluding carboxylic acids is 1. The Bertz CT molecular complexity index is 418. The van der Waals surface area contributed by atoms with Crippen molar-refractivity contribution in [3.05, 3.63) is 11.6 Å². The van der Waals surface area contributed by atoms with Gasteiger partial charge >= 0.3 is 0 Å². The molecule has 1 aliphatic rings. The number of amides is 1. The van der Waals surface area contributed by atoms with Crippen molar-refractivity contribution in [2.24, 2.45) is 11.1 Å². The summed E-state index contributed by atoms with van der Waals surface area (Å²) in [6.07, 6.45) is 1.81. The van der Waals surface area contributed by atoms with Crippen molar-refractivity contribution in [3.63, 3.8) is 0 Å². The molecule has 5 nitrogen and oxygen atoms in total. The molecule has 0 aliphatic carbocycles. The van der Waals surface area contributed by atoms with Crippen molar-refractivity contribution in [2.45, 2.75) is 26.8 Å². The summed E-state index contributed by atoms with van der Waals surface area (Å²) < 4.78 is 0. The molecular weight excluding hydrogens is 260 g/mol. The van der Waals surface area contributed by atoms with E-state index in [0.717, 1.165) is 31.3 Å². The van der Waals surface area contributed by atoms with Gasteiger partial charge in [0.15, 0.2) is 5.13 Å². The Kier molecular flexibility index (Phi) is 4.10. The highest BCUT2D eigenvalue weighted by Crippen LogP contribution is 2.22. The second kappa shape index (κ2) is 5.46. The van der Waals surface area contributed by atoms with E-state index in [9.17, 15) is 4.79 Å². The summed E-state index contributed by atoms with van der Waals surface area (Å²) in [5.74, 6) is 0.0614. The number of anilines is 1. The molecule has 0 aromatic carbocycles. The minimum atomic E-state index is -0.432. The molecule has 0 saturated carbocycles. The Morgan fingerprint density at radius 3 is 2.47 bits per heavy atom. The maximum absolute atomic E-state index is 12.3. The molecule has 2 rings (SSSR count). The summed E-state index contributed by atoms with van der Waals surface area (Å²) in [7, 11) is 0. The molecule has 0 spiro atoms. The number of nitrogens with two attached hydrogens (primary N) is 1. The van der Waals surface area contributed by atoms with Gasteiger partial charge in [0.1, 0.15) is 0 Å². The van der Waals surface area contributed by atoms with E-state index in [2.05, 4.69) is 9.88 Å². The first-order chi connectivity index (χ1) is 8.89. The lowest BCUT2D eigenvalue weighted by Gasteiger charge is -2.38. The molecule has 106 valence electrons. The summed E-state index contributed by atoms with van der Waals surface area (Å²) in [4.78, 5) is 20.7. The Labute approximate surface area is 118 Å². The van der Waals surface area contributed by atoms with Crippen LogP contribution in [0, 0.1) is 5.41 Å². The maximum atomic E-state index is 12.3. The average Bonchev–Trinajstić information content (AvgIpc) is 2.90. The van der Waals surface area contributed by atoms with E-state index >= 15 is 0 Å². The molecule has 19 heavy (non-hydrogen) atoms. The first kappa shape index (κ1) is 14.3. The molecule has 1 amide bonds. The Balaban J connectivity index is 1.91. The molecule has 0 unspecified atom stereocenters. The van der Waals surface area contributed by atoms with Crippen LogP contribution in [0.4, 0.5) is 5.13 Å². The zero-order valence-corrected chi connectivity index (χ0v) is 12.6. The van der Waals surface area contributed by atoms with Crippen molar-refractivity contribution in [2.75, 3.05) is 31.1 Å². The Hall–Kier alpha value is -1.14. The van der Waals surface area contributed by atoms with E-state index in [0.29, 0.717) is 0 Å². The van der Waals surface area contributed by atoms with Crippen LogP contribution < -0.4 is 10.6 Å². The van der Waals surface area contributed by atoms with E-state index in [4.69, 9.17) is 5.73 Å². The summed E-state index contributed by atoms with van der Waals surface area (Å²) in [5, 5.41) is 3.01. The van der Waals surface area contributed by atoms with Gasteiger partial charge in [-0.3, -0.25) is 4.79 Å². The molecule has 1 aromatic heterocycles. The third-order valence-electron chi connectivity index (χ3n) is 3.48. The molecule has 1 atom stereocenters. The number of aromatic nitrogens is 1. The molecule has 1 fully saturated rings. The lowest BCUT2D eigenvalue weighted by atomic mass is 9.86. The fourth-order valence-corrected chi connectivity index (χ4v) is 2.75. The van der Waals surface area contributed by atoms with Gasteiger partial charge in [-0.15, -0.1) is 11.3 Å². The summed E-state index contributed by atoms with van der Waals surface area (Å²) >= 11 is 1.64. The van der Waals surface area contributed by atoms with Gasteiger partial charge < -0.3 is 15.5 Å². The highest BCUT2D eigenvalue weighted by Gasteiger charge is 2.32. The predicted molar refractivity (Wildman–Crippen MR) is 78.3 cm³/mol. The minimum Gasteiger partial charge on any atom is -0.345 e. The van der Waals surface area contributed by atoms with Gasteiger partial charge in [-0.25, -0.2) is 4.98 Å². The number of carbonyl (C=O) groups is 1. The molecule has 1 saturated heterocycles. The first-order valence-corrected chi connectivity index (χ1v) is 7.46. The fraction of sp³-hybridized carbons (Fsp3) is 0.692. The normalized spacial score (nSPS) is 18.5. The van der Waals surface area contributed by atoms with Gasteiger partial charge in [-0.05, 0) is 5.41 Å². The van der Waals surface area contributed by atoms with Crippen molar-refractivity contribution in [3.8, 4) is 0 Å². The second-order valence-corrected chi connectivity index (χ2v) is 6.84. The zero-order chi connectivity index (χ0) is 14.0. The van der Waals surface area contributed by atoms with Crippen molar-refractivity contribution < 1.29 is 4.79 Å². The van der Waals surface area contributed by atoms with E-state index in [-0.39, 0.29) is 11.3 Å². The number of hydrogen-bond acceptors (Lipinski definition) is 5. The van der Waals surface area contributed by atoms with Crippen LogP contribution in [-0.2, 0) is 4.79 Å². The van der Waals surface area contributed by atoms with Gasteiger partial charge in [0, 0.05) is 37.8 Å². The second-order valence-electron chi connectivity index (χ2n) is 5.97. The van der Waals surface area contributed by atoms with E-state index in [1.807, 2.05) is 37.2 Å². The summed E-state index contributed by atoms with van der Waals surface area (Å²) in [6, 6.07) is -0.432. The quantitative estimate of drug-likeness (QED) is 0.884. The number of rotatable bonds is 2. The van der Waals surface area contributed by atoms with Crippen LogP contribution >= 0.6 is 11.3 Å². The summed E-state index contributed by atoms with van der Waals surface area (Å²) in [6.45, 7) is 9.11. The largest absolute Gasteiger partial charge is 0.345 e. The molecule has 0 radical (unpaired) electrons. The first-order valence-electron chi connectivity index (χ1n) is 6.58. The molecule has 2 heterocycles. The molecule has 1 aliphatic heterocycles. The van der Waals surface area contributed by atoms with Crippen LogP contribution in [0.15, 0.2) is 11.6 Å². The summed E-state index contributed by atoms with van der Waals surface area (Å²) in [5.41, 5.74) is 5.85. The van der Waals surface area contributed by atoms with Crippen LogP contribution in [0.3, 0.4) is 0 Å². The molecule has 0 bridgehead atoms. The van der Waals surface area contributed by atoms with Gasteiger partial charge in [0.25, 0.3) is 0 Å². The van der Waals surface area contributed by atoms with Gasteiger partial charge in [-0.1, -0.05) is 20.8 Å². The molecule has 2 N–H and O–H groups in total. The third kappa shape index (κ3) is 3.25. The molecule has 1 aromatic rings. The number of piperazine rings is 1. The van der Waals surface area contributed by atoms with Crippen LogP contribution in [0.1, 0.15) is 20.8 Å². The molecular formula is C13H22N4OS. The van der Waals surface area contributed by atoms with Crippen molar-refractivity contribution >= 4 is 22.4 Å². The highest BCUT2D eigenvalue weighted by molar-refractivity contribution is 7.13. The lowest BCUT2D eigenvalue weighted by molar-refractivity contribution is -0.135. The fourth-order valence-electron chi connectivity index (χ4n) is 2.06. The van der Waals surface area contributed by atoms with Crippen LogP contribution in [-0.4, -0.2) is 48.0 Å². The number of thiazole rings is 1. The maximum Gasteiger partial charge on any atom is 0.240 e. The Morgan fingerprint density at radius 2 is 2.00 bits per heavy atom. The minimum absolute atomic E-state index is 0.0614. The van der Waals surface area contributed by atoms with Gasteiger partial charge in [0.2, 0.25) is 5.91 Å². The molecule has 6 heteroatoms. The van der Waals surface area contributed by atoms with E-state index < -0.39 is 6.04 Å². The van der Waals surface area contributed by atoms with Gasteiger partial charge in [0.05, 0.1) is 6.04 Å². The van der Waals surface area contributed by atoms with Crippen LogP contribution in [0.5, 0.6) is 0 Å². The standard InChI is InChI=1S/C13H22N4OS/c1-13(2,3)10(14)11(18)16-5-7-17(8-6-16)12-15-4-9-19-12/h4,9-10H,5-8,14H2,1-3H3/t10-/m1/s1. The smallest absolute Gasteiger partial charge is 0.240 e. The SMILES string of the molecule is CC(C)(C)[C@H](N)C(=O)N1CCN(c2nccs2)CC1. The highest BCUT2D eigenvalue weighted by atomic mass is 32.1. The van der Waals surface area contributed by atoms with Crippen molar-refractivity contribution in [1.29, 1.82) is 0 Å². The topological polar surface area (TPSA) is 62.5 Å². The third-order valence-corrected chi connectivity index (χ3v) is 4.31.